The number of aliphatic hydroxyl groups is 1. The third kappa shape index (κ3) is 2.71. The predicted octanol–water partition coefficient (Wildman–Crippen LogP) is 2.65. The lowest BCUT2D eigenvalue weighted by Gasteiger charge is -2.35. The number of hydrogen-bond acceptors (Lipinski definition) is 4. The molecule has 0 saturated carbocycles. The van der Waals surface area contributed by atoms with Crippen molar-refractivity contribution in [2.24, 2.45) is 0 Å². The molecular weight excluding hydrogens is 276 g/mol. The lowest BCUT2D eigenvalue weighted by atomic mass is 10.0. The first-order valence-corrected chi connectivity index (χ1v) is 6.97. The molecule has 2 rings (SSSR count). The summed E-state index contributed by atoms with van der Waals surface area (Å²) in [7, 11) is 0. The van der Waals surface area contributed by atoms with E-state index in [-0.39, 0.29) is 6.61 Å². The van der Waals surface area contributed by atoms with E-state index < -0.39 is 0 Å². The molecule has 15 heavy (non-hydrogen) atoms. The number of aromatic nitrogens is 1. The molecule has 1 aromatic heterocycles. The summed E-state index contributed by atoms with van der Waals surface area (Å²) in [6.07, 6.45) is 4.54. The van der Waals surface area contributed by atoms with Gasteiger partial charge in [-0.2, -0.15) is 0 Å². The van der Waals surface area contributed by atoms with Gasteiger partial charge in [-0.1, -0.05) is 0 Å². The van der Waals surface area contributed by atoms with Crippen LogP contribution in [0.1, 0.15) is 25.7 Å². The molecule has 0 radical (unpaired) electrons. The molecule has 1 atom stereocenters. The molecule has 1 unspecified atom stereocenters. The number of rotatable bonds is 3. The first-order valence-electron chi connectivity index (χ1n) is 5.30. The smallest absolute Gasteiger partial charge is 0.186 e. The highest BCUT2D eigenvalue weighted by molar-refractivity contribution is 9.10. The van der Waals surface area contributed by atoms with Gasteiger partial charge in [-0.25, -0.2) is 4.98 Å². The van der Waals surface area contributed by atoms with Crippen LogP contribution in [-0.4, -0.2) is 29.3 Å². The van der Waals surface area contributed by atoms with Crippen LogP contribution in [0.25, 0.3) is 0 Å². The van der Waals surface area contributed by atoms with E-state index in [1.165, 1.54) is 19.3 Å². The molecule has 3 nitrogen and oxygen atoms in total. The normalized spacial score (nSPS) is 22.0. The molecule has 0 bridgehead atoms. The SMILES string of the molecule is OCCC1CCCCN1c1nc(Br)cs1. The Morgan fingerprint density at radius 2 is 2.47 bits per heavy atom. The summed E-state index contributed by atoms with van der Waals surface area (Å²) in [5.41, 5.74) is 0. The highest BCUT2D eigenvalue weighted by Crippen LogP contribution is 2.30. The molecular formula is C10H15BrN2OS. The second-order valence-electron chi connectivity index (χ2n) is 3.81. The number of piperidine rings is 1. The first kappa shape index (κ1) is 11.4. The van der Waals surface area contributed by atoms with Crippen molar-refractivity contribution in [1.82, 2.24) is 4.98 Å². The zero-order valence-corrected chi connectivity index (χ0v) is 10.9. The summed E-state index contributed by atoms with van der Waals surface area (Å²) in [5.74, 6) is 0. The van der Waals surface area contributed by atoms with E-state index in [0.29, 0.717) is 6.04 Å². The van der Waals surface area contributed by atoms with E-state index in [1.54, 1.807) is 11.3 Å². The van der Waals surface area contributed by atoms with Crippen molar-refractivity contribution in [3.63, 3.8) is 0 Å². The Morgan fingerprint density at radius 1 is 1.60 bits per heavy atom. The van der Waals surface area contributed by atoms with E-state index in [1.807, 2.05) is 5.38 Å². The quantitative estimate of drug-likeness (QED) is 0.930. The number of nitrogens with zero attached hydrogens (tertiary/aromatic N) is 2. The van der Waals surface area contributed by atoms with E-state index in [4.69, 9.17) is 5.11 Å². The van der Waals surface area contributed by atoms with Gasteiger partial charge < -0.3 is 10.0 Å². The number of halogens is 1. The lowest BCUT2D eigenvalue weighted by Crippen LogP contribution is -2.40. The second-order valence-corrected chi connectivity index (χ2v) is 5.46. The Balaban J connectivity index is 2.10. The molecule has 1 aliphatic heterocycles. The fourth-order valence-electron chi connectivity index (χ4n) is 2.08. The Bertz CT molecular complexity index is 316. The maximum atomic E-state index is 9.04. The maximum Gasteiger partial charge on any atom is 0.186 e. The van der Waals surface area contributed by atoms with Gasteiger partial charge in [0.05, 0.1) is 0 Å². The van der Waals surface area contributed by atoms with Crippen LogP contribution in [0.15, 0.2) is 9.98 Å². The number of thiazole rings is 1. The van der Waals surface area contributed by atoms with E-state index in [2.05, 4.69) is 25.8 Å². The number of aliphatic hydroxyl groups excluding tert-OH is 1. The summed E-state index contributed by atoms with van der Waals surface area (Å²) in [5, 5.41) is 12.1. The van der Waals surface area contributed by atoms with Crippen molar-refractivity contribution < 1.29 is 5.11 Å². The van der Waals surface area contributed by atoms with Crippen molar-refractivity contribution in [3.05, 3.63) is 9.98 Å². The standard InChI is InChI=1S/C10H15BrN2OS/c11-9-7-15-10(12-9)13-5-2-1-3-8(13)4-6-14/h7-8,14H,1-6H2. The summed E-state index contributed by atoms with van der Waals surface area (Å²) < 4.78 is 0.913. The largest absolute Gasteiger partial charge is 0.396 e. The van der Waals surface area contributed by atoms with Gasteiger partial charge in [-0.05, 0) is 41.6 Å². The number of hydrogen-bond donors (Lipinski definition) is 1. The van der Waals surface area contributed by atoms with Gasteiger partial charge in [0, 0.05) is 24.6 Å². The third-order valence-corrected chi connectivity index (χ3v) is 4.39. The molecule has 5 heteroatoms. The molecule has 0 aliphatic carbocycles. The first-order chi connectivity index (χ1) is 7.31. The Hall–Kier alpha value is -0.130. The molecule has 1 aromatic rings. The van der Waals surface area contributed by atoms with E-state index in [0.717, 1.165) is 22.7 Å². The van der Waals surface area contributed by atoms with Crippen LogP contribution in [0.3, 0.4) is 0 Å². The van der Waals surface area contributed by atoms with Gasteiger partial charge in [0.1, 0.15) is 4.60 Å². The monoisotopic (exact) mass is 290 g/mol. The Kier molecular flexibility index (Phi) is 3.99. The lowest BCUT2D eigenvalue weighted by molar-refractivity contribution is 0.262. The minimum atomic E-state index is 0.272. The fraction of sp³-hybridized carbons (Fsp3) is 0.700. The molecule has 2 heterocycles. The molecule has 0 amide bonds. The van der Waals surface area contributed by atoms with Gasteiger partial charge >= 0.3 is 0 Å². The third-order valence-electron chi connectivity index (χ3n) is 2.80. The van der Waals surface area contributed by atoms with Crippen LogP contribution in [0.5, 0.6) is 0 Å². The van der Waals surface area contributed by atoms with Crippen molar-refractivity contribution in [2.75, 3.05) is 18.1 Å². The highest BCUT2D eigenvalue weighted by Gasteiger charge is 2.23. The fourth-order valence-corrected chi connectivity index (χ4v) is 3.43. The molecule has 0 spiro atoms. The molecule has 1 aliphatic rings. The highest BCUT2D eigenvalue weighted by atomic mass is 79.9. The van der Waals surface area contributed by atoms with Crippen LogP contribution < -0.4 is 4.90 Å². The van der Waals surface area contributed by atoms with Crippen molar-refractivity contribution in [2.45, 2.75) is 31.7 Å². The molecule has 84 valence electrons. The van der Waals surface area contributed by atoms with Crippen molar-refractivity contribution in [3.8, 4) is 0 Å². The summed E-state index contributed by atoms with van der Waals surface area (Å²) in [6, 6.07) is 0.474. The second kappa shape index (κ2) is 5.27. The average Bonchev–Trinajstić information content (AvgIpc) is 2.66. The van der Waals surface area contributed by atoms with Gasteiger partial charge in [0.25, 0.3) is 0 Å². The Morgan fingerprint density at radius 3 is 3.13 bits per heavy atom. The topological polar surface area (TPSA) is 36.4 Å². The van der Waals surface area contributed by atoms with Crippen molar-refractivity contribution >= 4 is 32.4 Å². The summed E-state index contributed by atoms with van der Waals surface area (Å²) in [6.45, 7) is 1.35. The molecule has 1 saturated heterocycles. The predicted molar refractivity (Wildman–Crippen MR) is 66.5 cm³/mol. The average molecular weight is 291 g/mol. The van der Waals surface area contributed by atoms with Crippen molar-refractivity contribution in [1.29, 1.82) is 0 Å². The van der Waals surface area contributed by atoms with E-state index >= 15 is 0 Å². The van der Waals surface area contributed by atoms with Crippen LogP contribution in [-0.2, 0) is 0 Å². The molecule has 0 aromatic carbocycles. The Labute approximate surface area is 102 Å². The van der Waals surface area contributed by atoms with Gasteiger partial charge in [0.2, 0.25) is 0 Å². The minimum Gasteiger partial charge on any atom is -0.396 e. The van der Waals surface area contributed by atoms with Gasteiger partial charge in [-0.3, -0.25) is 0 Å². The maximum absolute atomic E-state index is 9.04. The minimum absolute atomic E-state index is 0.272. The van der Waals surface area contributed by atoms with Crippen LogP contribution in [0.2, 0.25) is 0 Å². The van der Waals surface area contributed by atoms with Crippen LogP contribution >= 0.6 is 27.3 Å². The zero-order valence-electron chi connectivity index (χ0n) is 8.53. The van der Waals surface area contributed by atoms with E-state index in [9.17, 15) is 0 Å². The molecule has 1 N–H and O–H groups in total. The zero-order chi connectivity index (χ0) is 10.7. The summed E-state index contributed by atoms with van der Waals surface area (Å²) in [4.78, 5) is 6.79. The van der Waals surface area contributed by atoms with Gasteiger partial charge in [0.15, 0.2) is 5.13 Å². The summed E-state index contributed by atoms with van der Waals surface area (Å²) >= 11 is 5.05. The number of anilines is 1. The van der Waals surface area contributed by atoms with Crippen LogP contribution in [0, 0.1) is 0 Å². The van der Waals surface area contributed by atoms with Crippen LogP contribution in [0.4, 0.5) is 5.13 Å². The van der Waals surface area contributed by atoms with Gasteiger partial charge in [-0.15, -0.1) is 11.3 Å². The molecule has 1 fully saturated rings.